The van der Waals surface area contributed by atoms with E-state index in [0.29, 0.717) is 25.2 Å². The van der Waals surface area contributed by atoms with E-state index in [2.05, 4.69) is 4.98 Å². The monoisotopic (exact) mass is 311 g/mol. The number of likely N-dealkylation sites (tertiary alicyclic amines) is 1. The van der Waals surface area contributed by atoms with E-state index in [4.69, 9.17) is 5.73 Å². The summed E-state index contributed by atoms with van der Waals surface area (Å²) in [7, 11) is 0. The van der Waals surface area contributed by atoms with Crippen molar-refractivity contribution in [3.63, 3.8) is 0 Å². The van der Waals surface area contributed by atoms with Crippen molar-refractivity contribution in [3.05, 3.63) is 16.1 Å². The molecule has 116 valence electrons. The molecule has 1 aromatic rings. The highest BCUT2D eigenvalue weighted by Crippen LogP contribution is 2.36. The average Bonchev–Trinajstić information content (AvgIpc) is 2.85. The van der Waals surface area contributed by atoms with Crippen molar-refractivity contribution in [2.24, 2.45) is 11.1 Å². The summed E-state index contributed by atoms with van der Waals surface area (Å²) in [4.78, 5) is 29.9. The minimum absolute atomic E-state index is 0.297. The van der Waals surface area contributed by atoms with Crippen molar-refractivity contribution in [1.29, 1.82) is 0 Å². The lowest BCUT2D eigenvalue weighted by atomic mass is 9.76. The molecule has 0 radical (unpaired) electrons. The van der Waals surface area contributed by atoms with Gasteiger partial charge in [0.15, 0.2) is 0 Å². The molecule has 0 aromatic carbocycles. The van der Waals surface area contributed by atoms with Crippen molar-refractivity contribution in [3.8, 4) is 0 Å². The molecule has 0 bridgehead atoms. The molecular formula is C14H21N3O3S. The maximum atomic E-state index is 12.6. The highest BCUT2D eigenvalue weighted by atomic mass is 32.1. The van der Waals surface area contributed by atoms with Crippen LogP contribution in [0, 0.1) is 5.41 Å². The first kappa shape index (κ1) is 15.9. The lowest BCUT2D eigenvalue weighted by molar-refractivity contribution is -0.148. The fourth-order valence-corrected chi connectivity index (χ4v) is 3.66. The lowest BCUT2D eigenvalue weighted by Crippen LogP contribution is -2.56. The maximum Gasteiger partial charge on any atom is 0.326 e. The third-order valence-electron chi connectivity index (χ3n) is 3.90. The molecule has 0 aliphatic carbocycles. The minimum atomic E-state index is -0.953. The summed E-state index contributed by atoms with van der Waals surface area (Å²) in [5.74, 6) is -1.25. The van der Waals surface area contributed by atoms with E-state index >= 15 is 0 Å². The lowest BCUT2D eigenvalue weighted by Gasteiger charge is -2.43. The zero-order valence-electron chi connectivity index (χ0n) is 12.3. The van der Waals surface area contributed by atoms with Gasteiger partial charge in [0.25, 0.3) is 5.91 Å². The molecule has 1 fully saturated rings. The van der Waals surface area contributed by atoms with Crippen LogP contribution in [-0.2, 0) is 11.2 Å². The van der Waals surface area contributed by atoms with Gasteiger partial charge in [-0.25, -0.2) is 9.78 Å². The molecule has 1 unspecified atom stereocenters. The Bertz CT molecular complexity index is 541. The van der Waals surface area contributed by atoms with E-state index in [1.807, 2.05) is 13.8 Å². The quantitative estimate of drug-likeness (QED) is 0.875. The van der Waals surface area contributed by atoms with Crippen molar-refractivity contribution in [2.75, 3.05) is 13.1 Å². The number of carboxylic acids is 1. The fraction of sp³-hybridized carbons (Fsp3) is 0.643. The van der Waals surface area contributed by atoms with Gasteiger partial charge in [0.2, 0.25) is 0 Å². The summed E-state index contributed by atoms with van der Waals surface area (Å²) in [6, 6.07) is -0.807. The van der Waals surface area contributed by atoms with Crippen molar-refractivity contribution >= 4 is 23.2 Å². The molecule has 0 spiro atoms. The van der Waals surface area contributed by atoms with Crippen LogP contribution < -0.4 is 5.73 Å². The number of nitrogens with zero attached hydrogens (tertiary/aromatic N) is 2. The number of carbonyl (C=O) groups excluding carboxylic acids is 1. The van der Waals surface area contributed by atoms with Crippen LogP contribution in [0.2, 0.25) is 0 Å². The molecule has 1 aromatic heterocycles. The standard InChI is InChI=1S/C14H21N3O3S/c1-14(2)5-3-7-17(11(14)13(19)20)12(18)9-8-21-10(16-9)4-6-15/h8,11H,3-7,15H2,1-2H3,(H,19,20). The molecule has 7 heteroatoms. The molecule has 2 heterocycles. The number of amides is 1. The second kappa shape index (κ2) is 6.11. The fourth-order valence-electron chi connectivity index (χ4n) is 2.87. The van der Waals surface area contributed by atoms with Crippen LogP contribution in [0.25, 0.3) is 0 Å². The number of carbonyl (C=O) groups is 2. The smallest absolute Gasteiger partial charge is 0.326 e. The van der Waals surface area contributed by atoms with Crippen molar-refractivity contribution in [1.82, 2.24) is 9.88 Å². The topological polar surface area (TPSA) is 96.5 Å². The molecule has 1 aliphatic rings. The van der Waals surface area contributed by atoms with Crippen molar-refractivity contribution in [2.45, 2.75) is 39.2 Å². The number of nitrogens with two attached hydrogens (primary N) is 1. The Morgan fingerprint density at radius 3 is 2.90 bits per heavy atom. The summed E-state index contributed by atoms with van der Waals surface area (Å²) in [6.07, 6.45) is 2.23. The number of aliphatic carboxylic acids is 1. The van der Waals surface area contributed by atoms with Gasteiger partial charge < -0.3 is 15.7 Å². The number of piperidine rings is 1. The Morgan fingerprint density at radius 2 is 2.29 bits per heavy atom. The van der Waals surface area contributed by atoms with Gasteiger partial charge in [-0.1, -0.05) is 13.8 Å². The molecule has 1 aliphatic heterocycles. The Balaban J connectivity index is 2.24. The highest BCUT2D eigenvalue weighted by Gasteiger charge is 2.45. The molecule has 1 atom stereocenters. The van der Waals surface area contributed by atoms with Gasteiger partial charge >= 0.3 is 5.97 Å². The minimum Gasteiger partial charge on any atom is -0.480 e. The molecule has 6 nitrogen and oxygen atoms in total. The number of carboxylic acid groups (broad SMARTS) is 1. The first-order valence-electron chi connectivity index (χ1n) is 7.05. The summed E-state index contributed by atoms with van der Waals surface area (Å²) >= 11 is 1.39. The van der Waals surface area contributed by atoms with Gasteiger partial charge in [0, 0.05) is 18.3 Å². The molecule has 1 saturated heterocycles. The van der Waals surface area contributed by atoms with E-state index in [1.165, 1.54) is 16.2 Å². The van der Waals surface area contributed by atoms with E-state index in [1.54, 1.807) is 5.38 Å². The second-order valence-corrected chi connectivity index (χ2v) is 6.94. The SMILES string of the molecule is CC1(C)CCCN(C(=O)c2csc(CCN)n2)C1C(=O)O. The molecule has 1 amide bonds. The van der Waals surface area contributed by atoms with Gasteiger partial charge in [0.1, 0.15) is 11.7 Å². The summed E-state index contributed by atoms with van der Waals surface area (Å²) in [5.41, 5.74) is 5.37. The Labute approximate surface area is 128 Å². The Hall–Kier alpha value is -1.47. The van der Waals surface area contributed by atoms with Gasteiger partial charge in [-0.15, -0.1) is 11.3 Å². The van der Waals surface area contributed by atoms with Crippen LogP contribution in [0.4, 0.5) is 0 Å². The Morgan fingerprint density at radius 1 is 1.57 bits per heavy atom. The van der Waals surface area contributed by atoms with Crippen LogP contribution in [0.5, 0.6) is 0 Å². The van der Waals surface area contributed by atoms with Gasteiger partial charge in [-0.3, -0.25) is 4.79 Å². The molecule has 2 rings (SSSR count). The van der Waals surface area contributed by atoms with Crippen LogP contribution >= 0.6 is 11.3 Å². The van der Waals surface area contributed by atoms with Gasteiger partial charge in [-0.05, 0) is 24.8 Å². The number of aromatic nitrogens is 1. The predicted molar refractivity (Wildman–Crippen MR) is 80.3 cm³/mol. The molecular weight excluding hydrogens is 290 g/mol. The normalized spacial score (nSPS) is 21.3. The maximum absolute atomic E-state index is 12.6. The van der Waals surface area contributed by atoms with E-state index < -0.39 is 17.4 Å². The predicted octanol–water partition coefficient (Wildman–Crippen LogP) is 1.36. The average molecular weight is 311 g/mol. The second-order valence-electron chi connectivity index (χ2n) is 6.00. The van der Waals surface area contributed by atoms with Crippen LogP contribution in [0.15, 0.2) is 5.38 Å². The molecule has 3 N–H and O–H groups in total. The van der Waals surface area contributed by atoms with E-state index in [-0.39, 0.29) is 5.91 Å². The zero-order chi connectivity index (χ0) is 15.6. The Kier molecular flexibility index (Phi) is 4.63. The zero-order valence-corrected chi connectivity index (χ0v) is 13.2. The largest absolute Gasteiger partial charge is 0.480 e. The third kappa shape index (κ3) is 3.24. The first-order valence-corrected chi connectivity index (χ1v) is 7.93. The van der Waals surface area contributed by atoms with Crippen LogP contribution in [0.3, 0.4) is 0 Å². The summed E-state index contributed by atoms with van der Waals surface area (Å²) in [6.45, 7) is 4.73. The van der Waals surface area contributed by atoms with Gasteiger partial charge in [0.05, 0.1) is 5.01 Å². The van der Waals surface area contributed by atoms with Gasteiger partial charge in [-0.2, -0.15) is 0 Å². The van der Waals surface area contributed by atoms with Crippen molar-refractivity contribution < 1.29 is 14.7 Å². The molecule has 21 heavy (non-hydrogen) atoms. The number of thiazole rings is 1. The number of rotatable bonds is 4. The number of hydrogen-bond donors (Lipinski definition) is 2. The third-order valence-corrected chi connectivity index (χ3v) is 4.80. The number of hydrogen-bond acceptors (Lipinski definition) is 5. The van der Waals surface area contributed by atoms with Crippen LogP contribution in [-0.4, -0.2) is 46.0 Å². The first-order chi connectivity index (χ1) is 9.86. The van der Waals surface area contributed by atoms with E-state index in [9.17, 15) is 14.7 Å². The van der Waals surface area contributed by atoms with E-state index in [0.717, 1.165) is 17.8 Å². The van der Waals surface area contributed by atoms with Crippen LogP contribution in [0.1, 0.15) is 42.2 Å². The summed E-state index contributed by atoms with van der Waals surface area (Å²) < 4.78 is 0. The highest BCUT2D eigenvalue weighted by molar-refractivity contribution is 7.09. The molecule has 0 saturated carbocycles. The summed E-state index contributed by atoms with van der Waals surface area (Å²) in [5, 5.41) is 12.0.